The maximum absolute atomic E-state index is 12.7. The summed E-state index contributed by atoms with van der Waals surface area (Å²) in [7, 11) is 0. The lowest BCUT2D eigenvalue weighted by Crippen LogP contribution is -2.45. The van der Waals surface area contributed by atoms with Crippen molar-refractivity contribution >= 4 is 17.8 Å². The van der Waals surface area contributed by atoms with E-state index in [1.54, 1.807) is 17.0 Å². The molecular weight excluding hydrogens is 362 g/mol. The maximum atomic E-state index is 12.7. The Kier molecular flexibility index (Phi) is 5.12. The van der Waals surface area contributed by atoms with Crippen molar-refractivity contribution in [3.63, 3.8) is 0 Å². The number of hydrogen-bond acceptors (Lipinski definition) is 5. The highest BCUT2D eigenvalue weighted by molar-refractivity contribution is 6.05. The van der Waals surface area contributed by atoms with E-state index in [-0.39, 0.29) is 25.0 Å². The van der Waals surface area contributed by atoms with Gasteiger partial charge in [-0.15, -0.1) is 0 Å². The summed E-state index contributed by atoms with van der Waals surface area (Å²) in [6, 6.07) is 11.7. The van der Waals surface area contributed by atoms with E-state index < -0.39 is 18.0 Å². The molecule has 146 valence electrons. The van der Waals surface area contributed by atoms with Crippen molar-refractivity contribution in [2.24, 2.45) is 0 Å². The molecule has 4 rings (SSSR count). The Morgan fingerprint density at radius 3 is 2.71 bits per heavy atom. The first-order valence-corrected chi connectivity index (χ1v) is 9.20. The summed E-state index contributed by atoms with van der Waals surface area (Å²) in [6.45, 7) is 1.37. The quantitative estimate of drug-likeness (QED) is 0.794. The summed E-state index contributed by atoms with van der Waals surface area (Å²) in [4.78, 5) is 40.2. The van der Waals surface area contributed by atoms with E-state index in [0.29, 0.717) is 25.5 Å². The number of carbonyl (C=O) groups excluding carboxylic acids is 3. The molecular formula is C20H21N3O5. The number of rotatable bonds is 5. The predicted octanol–water partition coefficient (Wildman–Crippen LogP) is 1.69. The van der Waals surface area contributed by atoms with Gasteiger partial charge >= 0.3 is 6.03 Å². The molecule has 2 saturated heterocycles. The summed E-state index contributed by atoms with van der Waals surface area (Å²) in [5.74, 6) is -0.0836. The summed E-state index contributed by atoms with van der Waals surface area (Å²) < 4.78 is 11.0. The molecule has 0 radical (unpaired) electrons. The van der Waals surface area contributed by atoms with Crippen LogP contribution in [0.1, 0.15) is 23.8 Å². The van der Waals surface area contributed by atoms with Crippen LogP contribution in [0.2, 0.25) is 0 Å². The lowest BCUT2D eigenvalue weighted by molar-refractivity contribution is -0.141. The summed E-state index contributed by atoms with van der Waals surface area (Å²) in [5, 5.41) is 2.60. The van der Waals surface area contributed by atoms with Crippen LogP contribution in [0.3, 0.4) is 0 Å². The molecule has 0 aliphatic carbocycles. The first-order chi connectivity index (χ1) is 13.6. The summed E-state index contributed by atoms with van der Waals surface area (Å²) >= 11 is 0. The molecule has 2 atom stereocenters. The molecule has 1 aromatic heterocycles. The highest BCUT2D eigenvalue weighted by Gasteiger charge is 2.40. The van der Waals surface area contributed by atoms with E-state index in [1.807, 2.05) is 30.3 Å². The molecule has 2 aliphatic rings. The van der Waals surface area contributed by atoms with Crippen molar-refractivity contribution in [1.82, 2.24) is 15.1 Å². The molecule has 28 heavy (non-hydrogen) atoms. The van der Waals surface area contributed by atoms with Crippen LogP contribution < -0.4 is 5.32 Å². The van der Waals surface area contributed by atoms with E-state index in [4.69, 9.17) is 9.15 Å². The van der Waals surface area contributed by atoms with E-state index in [1.165, 1.54) is 6.26 Å². The molecule has 2 aliphatic heterocycles. The van der Waals surface area contributed by atoms with Crippen LogP contribution in [0.15, 0.2) is 53.1 Å². The van der Waals surface area contributed by atoms with E-state index in [9.17, 15) is 14.4 Å². The number of nitrogens with one attached hydrogen (secondary N) is 1. The zero-order valence-electron chi connectivity index (χ0n) is 15.2. The first-order valence-electron chi connectivity index (χ1n) is 9.20. The number of nitrogens with zero attached hydrogens (tertiary/aromatic N) is 2. The number of furan rings is 1. The van der Waals surface area contributed by atoms with Crippen LogP contribution in [0.4, 0.5) is 4.79 Å². The van der Waals surface area contributed by atoms with E-state index >= 15 is 0 Å². The van der Waals surface area contributed by atoms with Gasteiger partial charge in [0.15, 0.2) is 0 Å². The number of ether oxygens (including phenoxy) is 1. The van der Waals surface area contributed by atoms with Crippen molar-refractivity contribution in [2.45, 2.75) is 25.1 Å². The molecule has 0 saturated carbocycles. The second-order valence-corrected chi connectivity index (χ2v) is 6.82. The highest BCUT2D eigenvalue weighted by Crippen LogP contribution is 2.23. The summed E-state index contributed by atoms with van der Waals surface area (Å²) in [5.41, 5.74) is 1.01. The van der Waals surface area contributed by atoms with Gasteiger partial charge in [0.1, 0.15) is 17.9 Å². The van der Waals surface area contributed by atoms with Crippen molar-refractivity contribution in [3.05, 3.63) is 60.1 Å². The molecule has 2 aromatic rings. The van der Waals surface area contributed by atoms with Gasteiger partial charge in [0, 0.05) is 6.54 Å². The van der Waals surface area contributed by atoms with Gasteiger partial charge < -0.3 is 19.4 Å². The minimum Gasteiger partial charge on any atom is -0.467 e. The fourth-order valence-corrected chi connectivity index (χ4v) is 3.47. The zero-order valence-corrected chi connectivity index (χ0v) is 15.2. The van der Waals surface area contributed by atoms with Crippen LogP contribution in [-0.2, 0) is 20.9 Å². The monoisotopic (exact) mass is 383 g/mol. The number of amides is 4. The molecule has 1 aromatic carbocycles. The second kappa shape index (κ2) is 7.85. The van der Waals surface area contributed by atoms with Crippen molar-refractivity contribution in [3.8, 4) is 0 Å². The fourth-order valence-electron chi connectivity index (χ4n) is 3.47. The number of hydrogen-bond donors (Lipinski definition) is 1. The Morgan fingerprint density at radius 1 is 1.14 bits per heavy atom. The summed E-state index contributed by atoms with van der Waals surface area (Å²) in [6.07, 6.45) is 1.22. The van der Waals surface area contributed by atoms with Gasteiger partial charge in [-0.05, 0) is 17.7 Å². The molecule has 1 unspecified atom stereocenters. The smallest absolute Gasteiger partial charge is 0.325 e. The van der Waals surface area contributed by atoms with Gasteiger partial charge in [0.05, 0.1) is 32.4 Å². The van der Waals surface area contributed by atoms with Crippen molar-refractivity contribution in [2.75, 3.05) is 19.7 Å². The van der Waals surface area contributed by atoms with Gasteiger partial charge in [-0.25, -0.2) is 4.79 Å². The molecule has 8 nitrogen and oxygen atoms in total. The standard InChI is InChI=1S/C20H21N3O5/c24-18(22-8-10-28-17(13-22)14-5-2-1-3-6-14)11-16-19(25)23(20(26)21-16)12-15-7-4-9-27-15/h1-7,9,16-17H,8,10-13H2,(H,21,26)/t16-,17?/m0/s1. The van der Waals surface area contributed by atoms with E-state index in [2.05, 4.69) is 5.32 Å². The van der Waals surface area contributed by atoms with E-state index in [0.717, 1.165) is 10.5 Å². The van der Waals surface area contributed by atoms with Gasteiger partial charge in [0.2, 0.25) is 5.91 Å². The Hall–Kier alpha value is -3.13. The average Bonchev–Trinajstić information content (AvgIpc) is 3.33. The molecule has 4 amide bonds. The van der Waals surface area contributed by atoms with Crippen LogP contribution in [0.5, 0.6) is 0 Å². The highest BCUT2D eigenvalue weighted by atomic mass is 16.5. The number of carbonyl (C=O) groups is 3. The molecule has 0 bridgehead atoms. The van der Waals surface area contributed by atoms with Crippen molar-refractivity contribution < 1.29 is 23.5 Å². The molecule has 8 heteroatoms. The third kappa shape index (κ3) is 3.77. The lowest BCUT2D eigenvalue weighted by atomic mass is 10.1. The minimum atomic E-state index is -0.854. The van der Waals surface area contributed by atoms with Crippen LogP contribution in [-0.4, -0.2) is 53.4 Å². The molecule has 2 fully saturated rings. The fraction of sp³-hybridized carbons (Fsp3) is 0.350. The van der Waals surface area contributed by atoms with Crippen molar-refractivity contribution in [1.29, 1.82) is 0 Å². The molecule has 3 heterocycles. The lowest BCUT2D eigenvalue weighted by Gasteiger charge is -2.33. The SMILES string of the molecule is O=C(C[C@@H]1NC(=O)N(Cc2ccco2)C1=O)N1CCOC(c2ccccc2)C1. The number of morpholine rings is 1. The van der Waals surface area contributed by atoms with Gasteiger partial charge in [-0.1, -0.05) is 30.3 Å². The van der Waals surface area contributed by atoms with Gasteiger partial charge in [0.25, 0.3) is 5.91 Å². The Bertz CT molecular complexity index is 852. The topological polar surface area (TPSA) is 92.1 Å². The minimum absolute atomic E-state index is 0.0516. The van der Waals surface area contributed by atoms with Crippen LogP contribution >= 0.6 is 0 Å². The van der Waals surface area contributed by atoms with Crippen LogP contribution in [0, 0.1) is 0 Å². The molecule has 1 N–H and O–H groups in total. The first kappa shape index (κ1) is 18.2. The largest absolute Gasteiger partial charge is 0.467 e. The third-order valence-electron chi connectivity index (χ3n) is 4.97. The third-order valence-corrected chi connectivity index (χ3v) is 4.97. The normalized spacial score (nSPS) is 22.4. The average molecular weight is 383 g/mol. The predicted molar refractivity (Wildman–Crippen MR) is 97.9 cm³/mol. The zero-order chi connectivity index (χ0) is 19.5. The van der Waals surface area contributed by atoms with Gasteiger partial charge in [-0.3, -0.25) is 14.5 Å². The van der Waals surface area contributed by atoms with Crippen LogP contribution in [0.25, 0.3) is 0 Å². The van der Waals surface area contributed by atoms with Gasteiger partial charge in [-0.2, -0.15) is 0 Å². The molecule has 0 spiro atoms. The maximum Gasteiger partial charge on any atom is 0.325 e. The Balaban J connectivity index is 1.36. The number of urea groups is 1. The Morgan fingerprint density at radius 2 is 1.96 bits per heavy atom. The number of benzene rings is 1. The number of imide groups is 1. The second-order valence-electron chi connectivity index (χ2n) is 6.82. The Labute approximate surface area is 162 Å².